The number of likely N-dealkylation sites (tertiary alicyclic amines) is 1. The summed E-state index contributed by atoms with van der Waals surface area (Å²) in [5.74, 6) is 2.32. The van der Waals surface area contributed by atoms with Gasteiger partial charge in [-0.15, -0.1) is 0 Å². The van der Waals surface area contributed by atoms with Crippen LogP contribution in [0.4, 0.5) is 0 Å². The van der Waals surface area contributed by atoms with Gasteiger partial charge in [0.15, 0.2) is 0 Å². The van der Waals surface area contributed by atoms with E-state index in [1.165, 1.54) is 18.5 Å². The van der Waals surface area contributed by atoms with Crippen molar-refractivity contribution >= 4 is 0 Å². The highest BCUT2D eigenvalue weighted by molar-refractivity contribution is 5.09. The predicted octanol–water partition coefficient (Wildman–Crippen LogP) is 2.54. The van der Waals surface area contributed by atoms with Gasteiger partial charge in [-0.2, -0.15) is 0 Å². The fourth-order valence-electron chi connectivity index (χ4n) is 3.87. The van der Waals surface area contributed by atoms with E-state index < -0.39 is 0 Å². The number of aryl methyl sites for hydroxylation is 3. The van der Waals surface area contributed by atoms with Crippen molar-refractivity contribution in [3.8, 4) is 0 Å². The van der Waals surface area contributed by atoms with Crippen molar-refractivity contribution in [1.82, 2.24) is 24.3 Å². The molecule has 0 amide bonds. The second kappa shape index (κ2) is 7.07. The van der Waals surface area contributed by atoms with Crippen molar-refractivity contribution in [3.63, 3.8) is 0 Å². The Hall–Kier alpha value is -1.66. The molecule has 0 radical (unpaired) electrons. The lowest BCUT2D eigenvalue weighted by molar-refractivity contribution is 0.0857. The molecule has 2 atom stereocenters. The zero-order valence-electron chi connectivity index (χ0n) is 15.5. The molecule has 1 fully saturated rings. The van der Waals surface area contributed by atoms with Gasteiger partial charge < -0.3 is 8.98 Å². The van der Waals surface area contributed by atoms with Crippen molar-refractivity contribution in [2.75, 3.05) is 27.2 Å². The monoisotopic (exact) mass is 331 g/mol. The summed E-state index contributed by atoms with van der Waals surface area (Å²) in [7, 11) is 6.47. The van der Waals surface area contributed by atoms with Crippen LogP contribution in [-0.4, -0.2) is 51.5 Å². The lowest BCUT2D eigenvalue weighted by atomic mass is 9.87. The van der Waals surface area contributed by atoms with Crippen LogP contribution < -0.4 is 0 Å². The van der Waals surface area contributed by atoms with Gasteiger partial charge in [0.25, 0.3) is 0 Å². The molecular formula is C18H29N5O. The molecule has 0 unspecified atom stereocenters. The number of oxazole rings is 1. The van der Waals surface area contributed by atoms with Crippen LogP contribution in [-0.2, 0) is 13.6 Å². The Balaban J connectivity index is 1.70. The molecule has 2 aromatic heterocycles. The van der Waals surface area contributed by atoms with E-state index in [9.17, 15) is 0 Å². The van der Waals surface area contributed by atoms with Crippen LogP contribution in [0.5, 0.6) is 0 Å². The average Bonchev–Trinajstić information content (AvgIpc) is 3.05. The smallest absolute Gasteiger partial charge is 0.208 e. The number of aromatic nitrogens is 3. The first-order valence-corrected chi connectivity index (χ1v) is 8.73. The lowest BCUT2D eigenvalue weighted by Crippen LogP contribution is -2.41. The molecular weight excluding hydrogens is 302 g/mol. The van der Waals surface area contributed by atoms with Crippen molar-refractivity contribution in [3.05, 3.63) is 35.6 Å². The quantitative estimate of drug-likeness (QED) is 0.843. The van der Waals surface area contributed by atoms with E-state index in [-0.39, 0.29) is 0 Å². The maximum atomic E-state index is 5.74. The Morgan fingerprint density at radius 2 is 2.12 bits per heavy atom. The van der Waals surface area contributed by atoms with Gasteiger partial charge in [-0.3, -0.25) is 9.80 Å². The Kier molecular flexibility index (Phi) is 5.06. The molecule has 24 heavy (non-hydrogen) atoms. The van der Waals surface area contributed by atoms with Gasteiger partial charge in [0.2, 0.25) is 5.89 Å². The SMILES string of the molecule is Cc1nc(CN(C)C[C@@H]2CCCN(C)[C@H]2c2cncn2C)oc1C. The number of rotatable bonds is 5. The van der Waals surface area contributed by atoms with E-state index in [0.29, 0.717) is 12.0 Å². The van der Waals surface area contributed by atoms with Crippen LogP contribution >= 0.6 is 0 Å². The summed E-state index contributed by atoms with van der Waals surface area (Å²) in [6, 6.07) is 0.418. The molecule has 6 heteroatoms. The lowest BCUT2D eigenvalue weighted by Gasteiger charge is -2.40. The minimum absolute atomic E-state index is 0.418. The van der Waals surface area contributed by atoms with Gasteiger partial charge in [0.1, 0.15) is 5.76 Å². The molecule has 0 aromatic carbocycles. The van der Waals surface area contributed by atoms with Gasteiger partial charge in [0.05, 0.1) is 30.3 Å². The van der Waals surface area contributed by atoms with Crippen molar-refractivity contribution < 1.29 is 4.42 Å². The van der Waals surface area contributed by atoms with Crippen LogP contribution in [0.3, 0.4) is 0 Å². The molecule has 1 aliphatic heterocycles. The summed E-state index contributed by atoms with van der Waals surface area (Å²) >= 11 is 0. The topological polar surface area (TPSA) is 50.3 Å². The zero-order chi connectivity index (χ0) is 17.3. The molecule has 1 aliphatic rings. The summed E-state index contributed by atoms with van der Waals surface area (Å²) in [4.78, 5) is 13.6. The minimum atomic E-state index is 0.418. The van der Waals surface area contributed by atoms with E-state index >= 15 is 0 Å². The molecule has 0 spiro atoms. The number of hydrogen-bond acceptors (Lipinski definition) is 5. The number of imidazole rings is 1. The minimum Gasteiger partial charge on any atom is -0.444 e. The zero-order valence-corrected chi connectivity index (χ0v) is 15.5. The molecule has 0 N–H and O–H groups in total. The first-order chi connectivity index (χ1) is 11.5. The van der Waals surface area contributed by atoms with E-state index in [2.05, 4.69) is 45.5 Å². The van der Waals surface area contributed by atoms with Gasteiger partial charge in [0, 0.05) is 19.8 Å². The maximum Gasteiger partial charge on any atom is 0.208 e. The van der Waals surface area contributed by atoms with E-state index in [1.807, 2.05) is 26.4 Å². The van der Waals surface area contributed by atoms with E-state index in [4.69, 9.17) is 4.42 Å². The van der Waals surface area contributed by atoms with E-state index in [0.717, 1.165) is 37.0 Å². The summed E-state index contributed by atoms with van der Waals surface area (Å²) in [5.41, 5.74) is 2.29. The van der Waals surface area contributed by atoms with Crippen LogP contribution in [0.2, 0.25) is 0 Å². The summed E-state index contributed by atoms with van der Waals surface area (Å²) in [6.07, 6.45) is 6.41. The second-order valence-electron chi connectivity index (χ2n) is 7.20. The molecule has 3 rings (SSSR count). The standard InChI is InChI=1S/C18H29N5O/c1-13-14(2)24-17(20-13)11-21(3)10-15-7-6-8-22(4)18(15)16-9-19-12-23(16)5/h9,12,15,18H,6-8,10-11H2,1-5H3/t15-,18+/m0/s1. The Labute approximate surface area is 144 Å². The van der Waals surface area contributed by atoms with Gasteiger partial charge in [-0.25, -0.2) is 9.97 Å². The van der Waals surface area contributed by atoms with Crippen LogP contribution in [0.25, 0.3) is 0 Å². The van der Waals surface area contributed by atoms with Gasteiger partial charge >= 0.3 is 0 Å². The van der Waals surface area contributed by atoms with Crippen LogP contribution in [0.15, 0.2) is 16.9 Å². The molecule has 132 valence electrons. The summed E-state index contributed by atoms with van der Waals surface area (Å²) in [6.45, 7) is 6.90. The molecule has 6 nitrogen and oxygen atoms in total. The fraction of sp³-hybridized carbons (Fsp3) is 0.667. The summed E-state index contributed by atoms with van der Waals surface area (Å²) in [5, 5.41) is 0. The number of hydrogen-bond donors (Lipinski definition) is 0. The normalized spacial score (nSPS) is 22.4. The van der Waals surface area contributed by atoms with Gasteiger partial charge in [-0.05, 0) is 53.2 Å². The average molecular weight is 331 g/mol. The molecule has 0 aliphatic carbocycles. The number of piperidine rings is 1. The number of nitrogens with zero attached hydrogens (tertiary/aromatic N) is 5. The third-order valence-electron chi connectivity index (χ3n) is 5.19. The second-order valence-corrected chi connectivity index (χ2v) is 7.20. The van der Waals surface area contributed by atoms with E-state index in [1.54, 1.807) is 0 Å². The van der Waals surface area contributed by atoms with Crippen LogP contribution in [0.1, 0.15) is 41.9 Å². The van der Waals surface area contributed by atoms with Crippen molar-refractivity contribution in [2.45, 2.75) is 39.3 Å². The molecule has 2 aromatic rings. The molecule has 3 heterocycles. The molecule has 0 saturated carbocycles. The first kappa shape index (κ1) is 17.2. The summed E-state index contributed by atoms with van der Waals surface area (Å²) < 4.78 is 7.89. The highest BCUT2D eigenvalue weighted by atomic mass is 16.4. The highest BCUT2D eigenvalue weighted by Crippen LogP contribution is 2.35. The Bertz CT molecular complexity index is 657. The molecule has 1 saturated heterocycles. The van der Waals surface area contributed by atoms with Crippen LogP contribution in [0, 0.1) is 19.8 Å². The maximum absolute atomic E-state index is 5.74. The van der Waals surface area contributed by atoms with Crippen molar-refractivity contribution in [2.24, 2.45) is 13.0 Å². The first-order valence-electron chi connectivity index (χ1n) is 8.73. The molecule has 0 bridgehead atoms. The Morgan fingerprint density at radius 3 is 2.75 bits per heavy atom. The highest BCUT2D eigenvalue weighted by Gasteiger charge is 2.33. The third kappa shape index (κ3) is 3.54. The third-order valence-corrected chi connectivity index (χ3v) is 5.19. The fourth-order valence-corrected chi connectivity index (χ4v) is 3.87. The Morgan fingerprint density at radius 1 is 1.33 bits per heavy atom. The van der Waals surface area contributed by atoms with Crippen molar-refractivity contribution in [1.29, 1.82) is 0 Å². The predicted molar refractivity (Wildman–Crippen MR) is 93.6 cm³/mol. The van der Waals surface area contributed by atoms with Gasteiger partial charge in [-0.1, -0.05) is 0 Å². The largest absolute Gasteiger partial charge is 0.444 e.